The number of rotatable bonds is 7. The van der Waals surface area contributed by atoms with Gasteiger partial charge in [-0.05, 0) is 67.4 Å². The molecule has 35 heavy (non-hydrogen) atoms. The van der Waals surface area contributed by atoms with E-state index in [0.717, 1.165) is 5.56 Å². The molecule has 8 heteroatoms. The van der Waals surface area contributed by atoms with Gasteiger partial charge in [0.2, 0.25) is 0 Å². The number of hydrazone groups is 1. The maximum atomic E-state index is 13.0. The number of benzene rings is 3. The highest BCUT2D eigenvalue weighted by Gasteiger charge is 2.28. The minimum atomic E-state index is -0.329. The number of aryl methyl sites for hydroxylation is 1. The Kier molecular flexibility index (Phi) is 7.17. The van der Waals surface area contributed by atoms with Gasteiger partial charge in [-0.2, -0.15) is 10.1 Å². The lowest BCUT2D eigenvalue weighted by molar-refractivity contribution is -0.118. The first-order valence-corrected chi connectivity index (χ1v) is 11.3. The molecule has 0 bridgehead atoms. The molecule has 0 saturated heterocycles. The van der Waals surface area contributed by atoms with Gasteiger partial charge in [-0.15, -0.1) is 0 Å². The summed E-state index contributed by atoms with van der Waals surface area (Å²) < 4.78 is 11.1. The van der Waals surface area contributed by atoms with Crippen LogP contribution in [-0.2, 0) is 9.59 Å². The third-order valence-electron chi connectivity index (χ3n) is 5.28. The molecule has 0 aromatic heterocycles. The second-order valence-corrected chi connectivity index (χ2v) is 8.34. The van der Waals surface area contributed by atoms with Crippen LogP contribution in [0.25, 0.3) is 6.08 Å². The van der Waals surface area contributed by atoms with Crippen LogP contribution in [-0.4, -0.2) is 31.2 Å². The molecular formula is C27H24ClN3O4. The van der Waals surface area contributed by atoms with Gasteiger partial charge >= 0.3 is 0 Å². The largest absolute Gasteiger partial charge is 0.493 e. The number of hydrogen-bond acceptors (Lipinski definition) is 5. The zero-order chi connectivity index (χ0) is 24.9. The first-order valence-electron chi connectivity index (χ1n) is 10.9. The van der Waals surface area contributed by atoms with E-state index in [1.165, 1.54) is 12.1 Å². The summed E-state index contributed by atoms with van der Waals surface area (Å²) in [5.74, 6) is 0.0126. The molecule has 0 spiro atoms. The molecule has 1 N–H and O–H groups in total. The Balaban J connectivity index is 1.51. The highest BCUT2D eigenvalue weighted by molar-refractivity contribution is 6.33. The Morgan fingerprint density at radius 1 is 1.09 bits per heavy atom. The number of methoxy groups -OCH3 is 1. The third kappa shape index (κ3) is 5.53. The molecule has 4 rings (SSSR count). The molecular weight excluding hydrogens is 466 g/mol. The number of anilines is 2. The molecule has 0 saturated carbocycles. The van der Waals surface area contributed by atoms with Gasteiger partial charge in [0.25, 0.3) is 11.8 Å². The van der Waals surface area contributed by atoms with E-state index in [1.807, 2.05) is 55.5 Å². The van der Waals surface area contributed by atoms with Gasteiger partial charge in [-0.1, -0.05) is 41.9 Å². The van der Waals surface area contributed by atoms with E-state index in [-0.39, 0.29) is 29.2 Å². The molecule has 3 aromatic carbocycles. The Labute approximate surface area is 208 Å². The van der Waals surface area contributed by atoms with Gasteiger partial charge in [0.15, 0.2) is 18.1 Å². The summed E-state index contributed by atoms with van der Waals surface area (Å²) in [6.07, 6.45) is 1.70. The minimum absolute atomic E-state index is 0.239. The maximum Gasteiger partial charge on any atom is 0.280 e. The van der Waals surface area contributed by atoms with Crippen LogP contribution in [0, 0.1) is 6.92 Å². The molecule has 7 nitrogen and oxygen atoms in total. The monoisotopic (exact) mass is 489 g/mol. The Hall–Kier alpha value is -4.10. The van der Waals surface area contributed by atoms with Crippen LogP contribution in [0.4, 0.5) is 11.4 Å². The standard InChI is InChI=1S/C27H24ClN3O4/c1-17-8-7-9-20(12-17)29-25(32)16-35-26-23(28)14-19(15-24(26)34-3)13-22-18(2)30-31(27(22)33)21-10-5-4-6-11-21/h4-15H,16H2,1-3H3,(H,29,32)/b22-13+. The number of amides is 2. The number of halogens is 1. The van der Waals surface area contributed by atoms with Crippen LogP contribution in [0.15, 0.2) is 77.4 Å². The zero-order valence-corrected chi connectivity index (χ0v) is 20.3. The summed E-state index contributed by atoms with van der Waals surface area (Å²) in [7, 11) is 1.48. The summed E-state index contributed by atoms with van der Waals surface area (Å²) >= 11 is 6.47. The lowest BCUT2D eigenvalue weighted by Gasteiger charge is -2.14. The van der Waals surface area contributed by atoms with Crippen molar-refractivity contribution in [3.8, 4) is 11.5 Å². The molecule has 0 radical (unpaired) electrons. The predicted octanol–water partition coefficient (Wildman–Crippen LogP) is 5.48. The SMILES string of the molecule is COc1cc(/C=C2/C(=O)N(c3ccccc3)N=C2C)cc(Cl)c1OCC(=O)Nc1cccc(C)c1. The first kappa shape index (κ1) is 24.0. The average Bonchev–Trinajstić information content (AvgIpc) is 3.12. The number of para-hydroxylation sites is 1. The molecule has 0 aliphatic carbocycles. The summed E-state index contributed by atoms with van der Waals surface area (Å²) in [5, 5.41) is 8.79. The van der Waals surface area contributed by atoms with Crippen LogP contribution in [0.1, 0.15) is 18.1 Å². The smallest absolute Gasteiger partial charge is 0.280 e. The fourth-order valence-corrected chi connectivity index (χ4v) is 3.89. The number of carbonyl (C=O) groups is 2. The van der Waals surface area contributed by atoms with Crippen molar-refractivity contribution >= 4 is 46.6 Å². The highest BCUT2D eigenvalue weighted by Crippen LogP contribution is 2.37. The summed E-state index contributed by atoms with van der Waals surface area (Å²) in [5.41, 5.74) is 4.06. The highest BCUT2D eigenvalue weighted by atomic mass is 35.5. The van der Waals surface area contributed by atoms with E-state index < -0.39 is 0 Å². The van der Waals surface area contributed by atoms with Gasteiger partial charge in [-0.25, -0.2) is 0 Å². The number of hydrogen-bond donors (Lipinski definition) is 1. The van der Waals surface area contributed by atoms with E-state index >= 15 is 0 Å². The van der Waals surface area contributed by atoms with Crippen molar-refractivity contribution in [2.45, 2.75) is 13.8 Å². The van der Waals surface area contributed by atoms with Crippen LogP contribution in [0.2, 0.25) is 5.02 Å². The summed E-state index contributed by atoms with van der Waals surface area (Å²) in [6, 6.07) is 20.0. The first-order chi connectivity index (χ1) is 16.9. The molecule has 0 unspecified atom stereocenters. The summed E-state index contributed by atoms with van der Waals surface area (Å²) in [4.78, 5) is 25.3. The van der Waals surface area contributed by atoms with Gasteiger partial charge in [0.05, 0.1) is 29.1 Å². The second-order valence-electron chi connectivity index (χ2n) is 7.94. The number of ether oxygens (including phenoxy) is 2. The van der Waals surface area contributed by atoms with Gasteiger partial charge in [-0.3, -0.25) is 9.59 Å². The fourth-order valence-electron chi connectivity index (χ4n) is 3.62. The van der Waals surface area contributed by atoms with E-state index in [0.29, 0.717) is 34.0 Å². The lowest BCUT2D eigenvalue weighted by atomic mass is 10.1. The quantitative estimate of drug-likeness (QED) is 0.445. The normalized spacial score (nSPS) is 14.2. The summed E-state index contributed by atoms with van der Waals surface area (Å²) in [6.45, 7) is 3.47. The number of carbonyl (C=O) groups excluding carboxylic acids is 2. The van der Waals surface area contributed by atoms with E-state index in [1.54, 1.807) is 31.2 Å². The van der Waals surface area contributed by atoms with Gasteiger partial charge < -0.3 is 14.8 Å². The molecule has 178 valence electrons. The molecule has 0 atom stereocenters. The molecule has 0 fully saturated rings. The molecule has 3 aromatic rings. The third-order valence-corrected chi connectivity index (χ3v) is 5.56. The van der Waals surface area contributed by atoms with Crippen LogP contribution >= 0.6 is 11.6 Å². The van der Waals surface area contributed by atoms with Gasteiger partial charge in [0, 0.05) is 5.69 Å². The van der Waals surface area contributed by atoms with Crippen molar-refractivity contribution in [3.05, 3.63) is 88.5 Å². The van der Waals surface area contributed by atoms with Crippen molar-refractivity contribution in [2.24, 2.45) is 5.10 Å². The van der Waals surface area contributed by atoms with E-state index in [9.17, 15) is 9.59 Å². The van der Waals surface area contributed by atoms with E-state index in [4.69, 9.17) is 21.1 Å². The van der Waals surface area contributed by atoms with Crippen molar-refractivity contribution in [2.75, 3.05) is 24.0 Å². The molecule has 2 amide bonds. The Bertz CT molecular complexity index is 1340. The zero-order valence-electron chi connectivity index (χ0n) is 19.5. The molecule has 1 aliphatic heterocycles. The lowest BCUT2D eigenvalue weighted by Crippen LogP contribution is -2.21. The number of nitrogens with one attached hydrogen (secondary N) is 1. The fraction of sp³-hybridized carbons (Fsp3) is 0.148. The maximum absolute atomic E-state index is 13.0. The Morgan fingerprint density at radius 3 is 2.57 bits per heavy atom. The van der Waals surface area contributed by atoms with Crippen molar-refractivity contribution in [1.82, 2.24) is 0 Å². The van der Waals surface area contributed by atoms with Crippen molar-refractivity contribution in [3.63, 3.8) is 0 Å². The van der Waals surface area contributed by atoms with Crippen LogP contribution in [0.5, 0.6) is 11.5 Å². The second kappa shape index (κ2) is 10.4. The Morgan fingerprint density at radius 2 is 1.86 bits per heavy atom. The average molecular weight is 490 g/mol. The van der Waals surface area contributed by atoms with Crippen LogP contribution < -0.4 is 19.8 Å². The van der Waals surface area contributed by atoms with Crippen molar-refractivity contribution in [1.29, 1.82) is 0 Å². The molecule has 1 aliphatic rings. The topological polar surface area (TPSA) is 80.2 Å². The van der Waals surface area contributed by atoms with Crippen molar-refractivity contribution < 1.29 is 19.1 Å². The predicted molar refractivity (Wildman–Crippen MR) is 138 cm³/mol. The van der Waals surface area contributed by atoms with Crippen LogP contribution in [0.3, 0.4) is 0 Å². The molecule has 1 heterocycles. The number of nitrogens with zero attached hydrogens (tertiary/aromatic N) is 2. The van der Waals surface area contributed by atoms with Gasteiger partial charge in [0.1, 0.15) is 0 Å². The van der Waals surface area contributed by atoms with E-state index in [2.05, 4.69) is 10.4 Å². The minimum Gasteiger partial charge on any atom is -0.493 e.